The van der Waals surface area contributed by atoms with E-state index in [9.17, 15) is 4.79 Å². The average molecular weight is 476 g/mol. The molecule has 2 nitrogen and oxygen atoms in total. The molecule has 3 heteroatoms. The molecule has 0 bridgehead atoms. The highest BCUT2D eigenvalue weighted by Crippen LogP contribution is 2.20. The van der Waals surface area contributed by atoms with E-state index in [1.165, 1.54) is 103 Å². The van der Waals surface area contributed by atoms with Crippen LogP contribution < -0.4 is 0 Å². The third kappa shape index (κ3) is 22.5. The number of ether oxygens (including phenoxy) is 1. The molecule has 0 fully saturated rings. The van der Waals surface area contributed by atoms with Crippen LogP contribution in [0.2, 0.25) is 0 Å². The maximum Gasteiger partial charge on any atom is 0.305 e. The first-order valence-electron chi connectivity index (χ1n) is 13.0. The van der Waals surface area contributed by atoms with E-state index < -0.39 is 0 Å². The molecule has 0 aliphatic rings. The Labute approximate surface area is 191 Å². The summed E-state index contributed by atoms with van der Waals surface area (Å²) in [6.07, 6.45) is 25.3. The van der Waals surface area contributed by atoms with E-state index in [1.54, 1.807) is 0 Å². The zero-order valence-corrected chi connectivity index (χ0v) is 21.4. The van der Waals surface area contributed by atoms with Crippen LogP contribution in [0.1, 0.15) is 142 Å². The maximum atomic E-state index is 12.0. The highest BCUT2D eigenvalue weighted by atomic mass is 79.9. The first-order chi connectivity index (χ1) is 14.2. The Kier molecular flexibility index (Phi) is 24.2. The minimum Gasteiger partial charge on any atom is -0.465 e. The van der Waals surface area contributed by atoms with Gasteiger partial charge in [-0.1, -0.05) is 126 Å². The van der Waals surface area contributed by atoms with Gasteiger partial charge in [-0.2, -0.15) is 0 Å². The van der Waals surface area contributed by atoms with Gasteiger partial charge in [-0.05, 0) is 31.6 Å². The number of halogens is 1. The van der Waals surface area contributed by atoms with E-state index in [1.807, 2.05) is 0 Å². The standard InChI is InChI=1S/C26H51BrO2/c1-3-5-7-9-11-12-14-17-21-25(20-16-13-10-8-6-4-2)24-29-26(28)22-18-15-19-23-27/h25H,3-24H2,1-2H3. The minimum absolute atomic E-state index is 0.0171. The topological polar surface area (TPSA) is 26.3 Å². The summed E-state index contributed by atoms with van der Waals surface area (Å²) < 4.78 is 5.65. The van der Waals surface area contributed by atoms with Crippen molar-refractivity contribution in [1.29, 1.82) is 0 Å². The van der Waals surface area contributed by atoms with Crippen molar-refractivity contribution in [2.45, 2.75) is 142 Å². The molecule has 0 heterocycles. The SMILES string of the molecule is CCCCCCCCCCC(CCCCCCCC)COC(=O)CCCCCBr. The smallest absolute Gasteiger partial charge is 0.305 e. The number of esters is 1. The van der Waals surface area contributed by atoms with Gasteiger partial charge in [0.05, 0.1) is 6.61 Å². The molecule has 0 aliphatic carbocycles. The largest absolute Gasteiger partial charge is 0.465 e. The van der Waals surface area contributed by atoms with Crippen molar-refractivity contribution >= 4 is 21.9 Å². The van der Waals surface area contributed by atoms with E-state index in [2.05, 4.69) is 29.8 Å². The summed E-state index contributed by atoms with van der Waals surface area (Å²) in [7, 11) is 0. The number of hydrogen-bond acceptors (Lipinski definition) is 2. The molecule has 0 rings (SSSR count). The quantitative estimate of drug-likeness (QED) is 0.0836. The summed E-state index contributed by atoms with van der Waals surface area (Å²) in [6.45, 7) is 5.21. The molecule has 0 saturated carbocycles. The van der Waals surface area contributed by atoms with Gasteiger partial charge in [0.2, 0.25) is 0 Å². The molecule has 0 radical (unpaired) electrons. The number of carbonyl (C=O) groups excluding carboxylic acids is 1. The molecular formula is C26H51BrO2. The van der Waals surface area contributed by atoms with Gasteiger partial charge >= 0.3 is 5.97 Å². The van der Waals surface area contributed by atoms with Crippen LogP contribution in [0.3, 0.4) is 0 Å². The van der Waals surface area contributed by atoms with Crippen molar-refractivity contribution in [3.8, 4) is 0 Å². The lowest BCUT2D eigenvalue weighted by Gasteiger charge is -2.17. The third-order valence-electron chi connectivity index (χ3n) is 5.93. The van der Waals surface area contributed by atoms with Crippen LogP contribution in [-0.4, -0.2) is 17.9 Å². The highest BCUT2D eigenvalue weighted by Gasteiger charge is 2.12. The zero-order chi connectivity index (χ0) is 21.4. The molecular weight excluding hydrogens is 424 g/mol. The van der Waals surface area contributed by atoms with E-state index in [4.69, 9.17) is 4.74 Å². The number of carbonyl (C=O) groups is 1. The van der Waals surface area contributed by atoms with Crippen LogP contribution in [0.5, 0.6) is 0 Å². The molecule has 0 saturated heterocycles. The van der Waals surface area contributed by atoms with Crippen molar-refractivity contribution < 1.29 is 9.53 Å². The molecule has 1 unspecified atom stereocenters. The van der Waals surface area contributed by atoms with Crippen molar-refractivity contribution in [2.24, 2.45) is 5.92 Å². The number of unbranched alkanes of at least 4 members (excludes halogenated alkanes) is 14. The van der Waals surface area contributed by atoms with Crippen molar-refractivity contribution in [1.82, 2.24) is 0 Å². The summed E-state index contributed by atoms with van der Waals surface area (Å²) in [5.74, 6) is 0.594. The lowest BCUT2D eigenvalue weighted by atomic mass is 9.94. The van der Waals surface area contributed by atoms with Gasteiger partial charge in [-0.3, -0.25) is 4.79 Å². The first-order valence-corrected chi connectivity index (χ1v) is 14.1. The lowest BCUT2D eigenvalue weighted by Crippen LogP contribution is -2.14. The normalized spacial score (nSPS) is 12.2. The van der Waals surface area contributed by atoms with Crippen LogP contribution >= 0.6 is 15.9 Å². The fourth-order valence-corrected chi connectivity index (χ4v) is 4.31. The molecule has 0 spiro atoms. The first kappa shape index (κ1) is 28.9. The average Bonchev–Trinajstić information content (AvgIpc) is 2.73. The molecule has 0 aromatic heterocycles. The Balaban J connectivity index is 3.97. The van der Waals surface area contributed by atoms with Gasteiger partial charge in [0.1, 0.15) is 0 Å². The molecule has 0 aliphatic heterocycles. The van der Waals surface area contributed by atoms with Gasteiger partial charge in [0, 0.05) is 11.8 Å². The number of rotatable bonds is 23. The molecule has 0 aromatic rings. The second-order valence-electron chi connectivity index (χ2n) is 8.87. The molecule has 1 atom stereocenters. The van der Waals surface area contributed by atoms with Gasteiger partial charge in [0.25, 0.3) is 0 Å². The van der Waals surface area contributed by atoms with E-state index in [0.717, 1.165) is 24.6 Å². The minimum atomic E-state index is 0.0171. The zero-order valence-electron chi connectivity index (χ0n) is 19.8. The molecule has 0 amide bonds. The van der Waals surface area contributed by atoms with Gasteiger partial charge in [-0.25, -0.2) is 0 Å². The maximum absolute atomic E-state index is 12.0. The Morgan fingerprint density at radius 2 is 1.10 bits per heavy atom. The Hall–Kier alpha value is -0.0500. The summed E-state index contributed by atoms with van der Waals surface area (Å²) in [5.41, 5.74) is 0. The third-order valence-corrected chi connectivity index (χ3v) is 6.49. The van der Waals surface area contributed by atoms with Crippen LogP contribution in [0.4, 0.5) is 0 Å². The van der Waals surface area contributed by atoms with Gasteiger partial charge < -0.3 is 4.74 Å². The number of hydrogen-bond donors (Lipinski definition) is 0. The Bertz CT molecular complexity index is 333. The van der Waals surface area contributed by atoms with Crippen molar-refractivity contribution in [3.05, 3.63) is 0 Å². The summed E-state index contributed by atoms with van der Waals surface area (Å²) in [6, 6.07) is 0. The molecule has 0 N–H and O–H groups in total. The molecule has 174 valence electrons. The predicted molar refractivity (Wildman–Crippen MR) is 132 cm³/mol. The lowest BCUT2D eigenvalue weighted by molar-refractivity contribution is -0.145. The van der Waals surface area contributed by atoms with Crippen LogP contribution in [-0.2, 0) is 9.53 Å². The fourth-order valence-electron chi connectivity index (χ4n) is 3.91. The second kappa shape index (κ2) is 24.2. The highest BCUT2D eigenvalue weighted by molar-refractivity contribution is 9.09. The van der Waals surface area contributed by atoms with Crippen molar-refractivity contribution in [2.75, 3.05) is 11.9 Å². The van der Waals surface area contributed by atoms with Crippen molar-refractivity contribution in [3.63, 3.8) is 0 Å². The fraction of sp³-hybridized carbons (Fsp3) is 0.962. The summed E-state index contributed by atoms with van der Waals surface area (Å²) >= 11 is 3.44. The molecule has 0 aromatic carbocycles. The van der Waals surface area contributed by atoms with E-state index in [-0.39, 0.29) is 5.97 Å². The van der Waals surface area contributed by atoms with Crippen LogP contribution in [0, 0.1) is 5.92 Å². The molecule has 29 heavy (non-hydrogen) atoms. The van der Waals surface area contributed by atoms with Gasteiger partial charge in [0.15, 0.2) is 0 Å². The van der Waals surface area contributed by atoms with Crippen LogP contribution in [0.15, 0.2) is 0 Å². The second-order valence-corrected chi connectivity index (χ2v) is 9.66. The predicted octanol–water partition coefficient (Wildman–Crippen LogP) is 9.38. The monoisotopic (exact) mass is 474 g/mol. The van der Waals surface area contributed by atoms with Crippen LogP contribution in [0.25, 0.3) is 0 Å². The van der Waals surface area contributed by atoms with Gasteiger partial charge in [-0.15, -0.1) is 0 Å². The van der Waals surface area contributed by atoms with E-state index >= 15 is 0 Å². The Morgan fingerprint density at radius 1 is 0.655 bits per heavy atom. The van der Waals surface area contributed by atoms with E-state index in [0.29, 0.717) is 18.9 Å². The summed E-state index contributed by atoms with van der Waals surface area (Å²) in [5, 5.41) is 1.03. The Morgan fingerprint density at radius 3 is 1.59 bits per heavy atom. The number of alkyl halides is 1. The summed E-state index contributed by atoms with van der Waals surface area (Å²) in [4.78, 5) is 12.0.